The molecule has 5 rings (SSSR count). The molecule has 1 aromatic heterocycles. The molecule has 0 aliphatic carbocycles. The van der Waals surface area contributed by atoms with Crippen molar-refractivity contribution in [2.24, 2.45) is 0 Å². The molecule has 47 heavy (non-hydrogen) atoms. The van der Waals surface area contributed by atoms with Crippen molar-refractivity contribution in [1.82, 2.24) is 9.55 Å². The summed E-state index contributed by atoms with van der Waals surface area (Å²) in [5.74, 6) is 1.42. The van der Waals surface area contributed by atoms with E-state index in [2.05, 4.69) is 4.98 Å². The van der Waals surface area contributed by atoms with Crippen LogP contribution in [0, 0.1) is 6.92 Å². The number of nitrogens with zero attached hydrogens (tertiary/aromatic N) is 1. The summed E-state index contributed by atoms with van der Waals surface area (Å²) in [7, 11) is -0.406. The Bertz CT molecular complexity index is 1750. The maximum atomic E-state index is 12.9. The van der Waals surface area contributed by atoms with Gasteiger partial charge in [-0.25, -0.2) is 4.79 Å². The first-order valence-corrected chi connectivity index (χ1v) is 20.8. The largest absolute Gasteiger partial charge is 0.509 e. The Kier molecular flexibility index (Phi) is 10.9. The first-order chi connectivity index (χ1) is 22.4. The normalized spacial score (nSPS) is 18.6. The molecule has 1 unspecified atom stereocenters. The van der Waals surface area contributed by atoms with Gasteiger partial charge in [0.2, 0.25) is 11.8 Å². The van der Waals surface area contributed by atoms with Crippen molar-refractivity contribution < 1.29 is 27.7 Å². The number of hydrogen-bond acceptors (Lipinski definition) is 9. The number of aromatic nitrogens is 2. The molecule has 1 N–H and O–H groups in total. The Morgan fingerprint density at radius 1 is 0.915 bits per heavy atom. The monoisotopic (exact) mass is 695 g/mol. The number of H-pyrrole nitrogens is 1. The van der Waals surface area contributed by atoms with E-state index in [1.54, 1.807) is 21.1 Å². The smallest absolute Gasteiger partial charge is 0.497 e. The molecule has 0 radical (unpaired) electrons. The second-order valence-electron chi connectivity index (χ2n) is 12.2. The Labute approximate surface area is 281 Å². The quantitative estimate of drug-likeness (QED) is 0.0998. The summed E-state index contributed by atoms with van der Waals surface area (Å²) in [6.07, 6.45) is -0.122. The fourth-order valence-electron chi connectivity index (χ4n) is 5.57. The van der Waals surface area contributed by atoms with E-state index in [-0.39, 0.29) is 6.61 Å². The molecule has 4 aromatic rings. The zero-order chi connectivity index (χ0) is 33.8. The van der Waals surface area contributed by atoms with Gasteiger partial charge in [-0.3, -0.25) is 14.3 Å². The van der Waals surface area contributed by atoms with Crippen LogP contribution < -0.4 is 20.7 Å². The zero-order valence-corrected chi connectivity index (χ0v) is 30.0. The standard InChI is InChI=1S/C34H39N2O8PSSi/c1-23-21-36(33(38)35-32(23)37)31-20-29(43-45(46)44-47(4,5)6)30(42-31)22-41-34(24-10-8-7-9-11-24,25-12-16-27(39-2)17-13-25)26-14-18-28(40-3)19-15-26/h7-19,21,29-31H,20,22H2,1-6H3/p+1/t29-,30+,31+/m0/s1. The van der Waals surface area contributed by atoms with Crippen LogP contribution in [0.3, 0.4) is 0 Å². The molecular formula is C34H40N2O8PSSi+. The van der Waals surface area contributed by atoms with Crippen molar-refractivity contribution in [2.45, 2.75) is 57.0 Å². The van der Waals surface area contributed by atoms with Crippen LogP contribution in [0.5, 0.6) is 11.5 Å². The summed E-state index contributed by atoms with van der Waals surface area (Å²) < 4.78 is 38.4. The number of aromatic amines is 1. The highest BCUT2D eigenvalue weighted by molar-refractivity contribution is 8.01. The third-order valence-corrected chi connectivity index (χ3v) is 12.0. The van der Waals surface area contributed by atoms with Crippen molar-refractivity contribution >= 4 is 27.3 Å². The SMILES string of the molecule is COc1ccc(C(OC[C@H]2O[C@@H](n3cc(C)c(=O)[nH]c3=O)C[C@@H]2O[P+](=S)O[Si](C)(C)C)(c2ccccc2)c2ccc(OC)cc2)cc1. The molecule has 0 bridgehead atoms. The van der Waals surface area contributed by atoms with E-state index in [1.807, 2.05) is 98.5 Å². The molecule has 1 fully saturated rings. The molecule has 0 spiro atoms. The molecule has 1 saturated heterocycles. The predicted octanol–water partition coefficient (Wildman–Crippen LogP) is 6.17. The minimum Gasteiger partial charge on any atom is -0.497 e. The molecule has 1 aliphatic rings. The first kappa shape index (κ1) is 34.8. The second-order valence-corrected chi connectivity index (χ2v) is 18.7. The van der Waals surface area contributed by atoms with Crippen LogP contribution in [0.25, 0.3) is 0 Å². The first-order valence-electron chi connectivity index (χ1n) is 15.2. The van der Waals surface area contributed by atoms with Gasteiger partial charge in [0.1, 0.15) is 35.5 Å². The summed E-state index contributed by atoms with van der Waals surface area (Å²) in [6, 6.07) is 25.5. The van der Waals surface area contributed by atoms with Crippen LogP contribution in [0.4, 0.5) is 0 Å². The average molecular weight is 696 g/mol. The highest BCUT2D eigenvalue weighted by atomic mass is 32.4. The predicted molar refractivity (Wildman–Crippen MR) is 186 cm³/mol. The molecular weight excluding hydrogens is 656 g/mol. The van der Waals surface area contributed by atoms with Gasteiger partial charge in [0.25, 0.3) is 13.9 Å². The maximum Gasteiger partial charge on any atom is 0.509 e. The van der Waals surface area contributed by atoms with Crippen LogP contribution in [0.2, 0.25) is 19.6 Å². The van der Waals surface area contributed by atoms with E-state index in [0.717, 1.165) is 16.7 Å². The Hall–Kier alpha value is -3.48. The molecule has 13 heteroatoms. The van der Waals surface area contributed by atoms with Gasteiger partial charge in [-0.2, -0.15) is 4.21 Å². The van der Waals surface area contributed by atoms with Crippen LogP contribution >= 0.6 is 7.15 Å². The van der Waals surface area contributed by atoms with Crippen molar-refractivity contribution in [3.8, 4) is 11.5 Å². The van der Waals surface area contributed by atoms with E-state index in [1.165, 1.54) is 10.8 Å². The van der Waals surface area contributed by atoms with Gasteiger partial charge >= 0.3 is 12.8 Å². The lowest BCUT2D eigenvalue weighted by Gasteiger charge is -2.37. The number of methoxy groups -OCH3 is 2. The summed E-state index contributed by atoms with van der Waals surface area (Å²) in [5.41, 5.74) is 0.900. The number of benzene rings is 3. The highest BCUT2D eigenvalue weighted by Crippen LogP contribution is 2.44. The summed E-state index contributed by atoms with van der Waals surface area (Å²) >= 11 is 5.65. The van der Waals surface area contributed by atoms with E-state index in [0.29, 0.717) is 23.5 Å². The number of nitrogens with one attached hydrogen (secondary N) is 1. The summed E-state index contributed by atoms with van der Waals surface area (Å²) in [5, 5.41) is 0. The third-order valence-electron chi connectivity index (χ3n) is 7.84. The zero-order valence-electron chi connectivity index (χ0n) is 27.3. The van der Waals surface area contributed by atoms with E-state index < -0.39 is 50.8 Å². The molecule has 1 aliphatic heterocycles. The molecule has 4 atom stereocenters. The van der Waals surface area contributed by atoms with Gasteiger partial charge < -0.3 is 18.9 Å². The molecule has 3 aromatic carbocycles. The van der Waals surface area contributed by atoms with Gasteiger partial charge in [-0.05, 0) is 67.5 Å². The second kappa shape index (κ2) is 14.7. The lowest BCUT2D eigenvalue weighted by molar-refractivity contribution is -0.0911. The Morgan fingerprint density at radius 3 is 2.00 bits per heavy atom. The topological polar surface area (TPSA) is 110 Å². The van der Waals surface area contributed by atoms with E-state index in [9.17, 15) is 9.59 Å². The fourth-order valence-corrected chi connectivity index (χ4v) is 10.3. The van der Waals surface area contributed by atoms with Crippen LogP contribution in [0.1, 0.15) is 34.9 Å². The Balaban J connectivity index is 1.57. The number of hydrogen-bond donors (Lipinski definition) is 1. The van der Waals surface area contributed by atoms with Gasteiger partial charge in [0, 0.05) is 18.2 Å². The molecule has 10 nitrogen and oxygen atoms in total. The van der Waals surface area contributed by atoms with E-state index >= 15 is 0 Å². The number of aryl methyl sites for hydroxylation is 1. The molecule has 0 saturated carbocycles. The number of rotatable bonds is 13. The average Bonchev–Trinajstić information content (AvgIpc) is 3.45. The Morgan fingerprint density at radius 2 is 1.47 bits per heavy atom. The van der Waals surface area contributed by atoms with Crippen molar-refractivity contribution in [3.63, 3.8) is 0 Å². The van der Waals surface area contributed by atoms with Crippen molar-refractivity contribution in [3.05, 3.63) is 128 Å². The van der Waals surface area contributed by atoms with Crippen LogP contribution in [-0.4, -0.2) is 50.9 Å². The van der Waals surface area contributed by atoms with Gasteiger partial charge in [0.05, 0.1) is 20.8 Å². The lowest BCUT2D eigenvalue weighted by atomic mass is 9.80. The molecule has 2 heterocycles. The third kappa shape index (κ3) is 7.98. The van der Waals surface area contributed by atoms with Crippen molar-refractivity contribution in [2.75, 3.05) is 20.8 Å². The van der Waals surface area contributed by atoms with Crippen molar-refractivity contribution in [1.29, 1.82) is 0 Å². The van der Waals surface area contributed by atoms with Crippen LogP contribution in [-0.2, 0) is 35.6 Å². The summed E-state index contributed by atoms with van der Waals surface area (Å²) in [4.78, 5) is 27.4. The van der Waals surface area contributed by atoms with Gasteiger partial charge in [0.15, 0.2) is 0 Å². The van der Waals surface area contributed by atoms with E-state index in [4.69, 9.17) is 39.5 Å². The molecule has 0 amide bonds. The van der Waals surface area contributed by atoms with Gasteiger partial charge in [-0.15, -0.1) is 4.52 Å². The highest BCUT2D eigenvalue weighted by Gasteiger charge is 2.46. The number of ether oxygens (including phenoxy) is 4. The minimum atomic E-state index is -2.00. The maximum absolute atomic E-state index is 12.9. The minimum absolute atomic E-state index is 0.0661. The fraction of sp³-hybridized carbons (Fsp3) is 0.353. The molecule has 248 valence electrons. The van der Waals surface area contributed by atoms with Crippen LogP contribution in [0.15, 0.2) is 94.6 Å². The summed E-state index contributed by atoms with van der Waals surface area (Å²) in [6.45, 7) is 7.85. The lowest BCUT2D eigenvalue weighted by Crippen LogP contribution is -2.38. The van der Waals surface area contributed by atoms with Gasteiger partial charge in [-0.1, -0.05) is 54.6 Å².